The van der Waals surface area contributed by atoms with Crippen LogP contribution in [-0.4, -0.2) is 9.97 Å². The van der Waals surface area contributed by atoms with Crippen molar-refractivity contribution in [2.45, 2.75) is 38.5 Å². The van der Waals surface area contributed by atoms with Crippen LogP contribution in [0.15, 0.2) is 10.9 Å². The molecular formula is C10H14N2O. The van der Waals surface area contributed by atoms with E-state index in [1.165, 1.54) is 12.8 Å². The van der Waals surface area contributed by atoms with Crippen LogP contribution < -0.4 is 5.56 Å². The number of aromatic amines is 1. The van der Waals surface area contributed by atoms with Crippen LogP contribution in [0.5, 0.6) is 0 Å². The second-order valence-electron chi connectivity index (χ2n) is 3.98. The van der Waals surface area contributed by atoms with Crippen molar-refractivity contribution < 1.29 is 0 Å². The minimum absolute atomic E-state index is 0.0133. The number of rotatable bonds is 2. The van der Waals surface area contributed by atoms with E-state index in [1.54, 1.807) is 6.07 Å². The Labute approximate surface area is 77.2 Å². The highest BCUT2D eigenvalue weighted by molar-refractivity contribution is 5.12. The van der Waals surface area contributed by atoms with Crippen molar-refractivity contribution in [3.63, 3.8) is 0 Å². The Balaban J connectivity index is 2.41. The zero-order chi connectivity index (χ0) is 9.42. The Morgan fingerprint density at radius 3 is 2.77 bits per heavy atom. The predicted molar refractivity (Wildman–Crippen MR) is 50.9 cm³/mol. The summed E-state index contributed by atoms with van der Waals surface area (Å²) >= 11 is 0. The molecule has 2 rings (SSSR count). The molecule has 0 radical (unpaired) electrons. The molecule has 70 valence electrons. The summed E-state index contributed by atoms with van der Waals surface area (Å²) in [6.07, 6.45) is 2.34. The molecule has 0 bridgehead atoms. The third kappa shape index (κ3) is 1.79. The number of hydrogen-bond acceptors (Lipinski definition) is 2. The van der Waals surface area contributed by atoms with Gasteiger partial charge >= 0.3 is 0 Å². The van der Waals surface area contributed by atoms with Crippen LogP contribution in [0.3, 0.4) is 0 Å². The smallest absolute Gasteiger partial charge is 0.251 e. The highest BCUT2D eigenvalue weighted by Crippen LogP contribution is 2.37. The lowest BCUT2D eigenvalue weighted by molar-refractivity contribution is 0.775. The van der Waals surface area contributed by atoms with Gasteiger partial charge < -0.3 is 4.98 Å². The Bertz CT molecular complexity index is 340. The summed E-state index contributed by atoms with van der Waals surface area (Å²) in [5, 5.41) is 0. The van der Waals surface area contributed by atoms with Crippen LogP contribution in [0.1, 0.15) is 50.0 Å². The molecule has 0 spiro atoms. The molecule has 0 unspecified atom stereocenters. The zero-order valence-corrected chi connectivity index (χ0v) is 8.00. The molecule has 1 aliphatic carbocycles. The van der Waals surface area contributed by atoms with Crippen LogP contribution in [0.4, 0.5) is 0 Å². The normalized spacial score (nSPS) is 16.5. The third-order valence-electron chi connectivity index (χ3n) is 2.34. The second-order valence-corrected chi connectivity index (χ2v) is 3.98. The average Bonchev–Trinajstić information content (AvgIpc) is 2.85. The predicted octanol–water partition coefficient (Wildman–Crippen LogP) is 1.77. The summed E-state index contributed by atoms with van der Waals surface area (Å²) in [4.78, 5) is 18.5. The first-order chi connectivity index (χ1) is 6.16. The van der Waals surface area contributed by atoms with E-state index in [1.807, 2.05) is 0 Å². The van der Waals surface area contributed by atoms with Crippen molar-refractivity contribution in [2.75, 3.05) is 0 Å². The van der Waals surface area contributed by atoms with E-state index < -0.39 is 0 Å². The maximum atomic E-state index is 11.3. The molecule has 1 aromatic rings. The summed E-state index contributed by atoms with van der Waals surface area (Å²) in [7, 11) is 0. The monoisotopic (exact) mass is 178 g/mol. The number of nitrogens with zero attached hydrogens (tertiary/aromatic N) is 1. The maximum absolute atomic E-state index is 11.3. The van der Waals surface area contributed by atoms with E-state index in [-0.39, 0.29) is 5.56 Å². The fourth-order valence-electron chi connectivity index (χ4n) is 1.34. The van der Waals surface area contributed by atoms with Gasteiger partial charge in [-0.25, -0.2) is 4.98 Å². The molecule has 0 saturated heterocycles. The highest BCUT2D eigenvalue weighted by Gasteiger charge is 2.26. The van der Waals surface area contributed by atoms with E-state index in [0.717, 1.165) is 11.5 Å². The number of nitrogens with one attached hydrogen (secondary N) is 1. The minimum atomic E-state index is -0.0133. The van der Waals surface area contributed by atoms with Gasteiger partial charge in [0.05, 0.1) is 5.69 Å². The topological polar surface area (TPSA) is 45.8 Å². The zero-order valence-electron chi connectivity index (χ0n) is 8.00. The van der Waals surface area contributed by atoms with Gasteiger partial charge in [-0.05, 0) is 18.8 Å². The summed E-state index contributed by atoms with van der Waals surface area (Å²) < 4.78 is 0. The second kappa shape index (κ2) is 2.98. The van der Waals surface area contributed by atoms with Gasteiger partial charge in [0, 0.05) is 12.0 Å². The van der Waals surface area contributed by atoms with Crippen LogP contribution in [-0.2, 0) is 0 Å². The molecule has 0 aromatic carbocycles. The van der Waals surface area contributed by atoms with Crippen LogP contribution in [0.25, 0.3) is 0 Å². The molecule has 1 N–H and O–H groups in total. The Kier molecular flexibility index (Phi) is 1.94. The quantitative estimate of drug-likeness (QED) is 0.750. The van der Waals surface area contributed by atoms with Crippen LogP contribution in [0, 0.1) is 0 Å². The van der Waals surface area contributed by atoms with E-state index in [9.17, 15) is 4.79 Å². The van der Waals surface area contributed by atoms with E-state index >= 15 is 0 Å². The Morgan fingerprint density at radius 1 is 1.54 bits per heavy atom. The largest absolute Gasteiger partial charge is 0.310 e. The SMILES string of the molecule is CC(C)c1cc(=O)[nH]c(C2CC2)n1. The first-order valence-corrected chi connectivity index (χ1v) is 4.78. The first-order valence-electron chi connectivity index (χ1n) is 4.78. The van der Waals surface area contributed by atoms with Gasteiger partial charge in [-0.15, -0.1) is 0 Å². The van der Waals surface area contributed by atoms with E-state index in [4.69, 9.17) is 0 Å². The average molecular weight is 178 g/mol. The van der Waals surface area contributed by atoms with Crippen LogP contribution >= 0.6 is 0 Å². The molecule has 1 aromatic heterocycles. The van der Waals surface area contributed by atoms with Crippen molar-refractivity contribution in [1.82, 2.24) is 9.97 Å². The van der Waals surface area contributed by atoms with Gasteiger partial charge in [0.15, 0.2) is 0 Å². The molecule has 1 fully saturated rings. The molecule has 0 aliphatic heterocycles. The van der Waals surface area contributed by atoms with Crippen molar-refractivity contribution >= 4 is 0 Å². The third-order valence-corrected chi connectivity index (χ3v) is 2.34. The number of hydrogen-bond donors (Lipinski definition) is 1. The van der Waals surface area contributed by atoms with Gasteiger partial charge in [0.25, 0.3) is 5.56 Å². The molecule has 0 amide bonds. The highest BCUT2D eigenvalue weighted by atomic mass is 16.1. The lowest BCUT2D eigenvalue weighted by Crippen LogP contribution is -2.12. The van der Waals surface area contributed by atoms with Crippen molar-refractivity contribution in [3.8, 4) is 0 Å². The molecule has 13 heavy (non-hydrogen) atoms. The molecule has 0 atom stereocenters. The summed E-state index contributed by atoms with van der Waals surface area (Å²) in [5.74, 6) is 1.74. The Morgan fingerprint density at radius 2 is 2.23 bits per heavy atom. The van der Waals surface area contributed by atoms with E-state index in [0.29, 0.717) is 11.8 Å². The maximum Gasteiger partial charge on any atom is 0.251 e. The van der Waals surface area contributed by atoms with Crippen molar-refractivity contribution in [3.05, 3.63) is 27.9 Å². The molecule has 1 saturated carbocycles. The van der Waals surface area contributed by atoms with Gasteiger partial charge in [-0.3, -0.25) is 4.79 Å². The van der Waals surface area contributed by atoms with Crippen molar-refractivity contribution in [2.24, 2.45) is 0 Å². The van der Waals surface area contributed by atoms with Gasteiger partial charge in [-0.2, -0.15) is 0 Å². The fourth-order valence-corrected chi connectivity index (χ4v) is 1.34. The lowest BCUT2D eigenvalue weighted by atomic mass is 10.1. The number of H-pyrrole nitrogens is 1. The molecule has 1 heterocycles. The van der Waals surface area contributed by atoms with Crippen molar-refractivity contribution in [1.29, 1.82) is 0 Å². The molecule has 3 nitrogen and oxygen atoms in total. The standard InChI is InChI=1S/C10H14N2O/c1-6(2)8-5-9(13)12-10(11-8)7-3-4-7/h5-7H,3-4H2,1-2H3,(H,11,12,13). The van der Waals surface area contributed by atoms with E-state index in [2.05, 4.69) is 23.8 Å². The van der Waals surface area contributed by atoms with Crippen LogP contribution in [0.2, 0.25) is 0 Å². The summed E-state index contributed by atoms with van der Waals surface area (Å²) in [5.41, 5.74) is 0.895. The fraction of sp³-hybridized carbons (Fsp3) is 0.600. The first kappa shape index (κ1) is 8.48. The van der Waals surface area contributed by atoms with Gasteiger partial charge in [-0.1, -0.05) is 13.8 Å². The molecule has 1 aliphatic rings. The summed E-state index contributed by atoms with van der Waals surface area (Å²) in [6, 6.07) is 1.59. The minimum Gasteiger partial charge on any atom is -0.310 e. The van der Waals surface area contributed by atoms with Gasteiger partial charge in [0.2, 0.25) is 0 Å². The van der Waals surface area contributed by atoms with Gasteiger partial charge in [0.1, 0.15) is 5.82 Å². The molecule has 3 heteroatoms. The Hall–Kier alpha value is -1.12. The summed E-state index contributed by atoms with van der Waals surface area (Å²) in [6.45, 7) is 4.11. The number of aromatic nitrogens is 2. The lowest BCUT2D eigenvalue weighted by Gasteiger charge is -2.05. The molecular weight excluding hydrogens is 164 g/mol.